The van der Waals surface area contributed by atoms with Crippen molar-refractivity contribution in [1.29, 1.82) is 5.41 Å². The molecule has 3 aromatic rings. The first kappa shape index (κ1) is 22.5. The Morgan fingerprint density at radius 1 is 0.939 bits per heavy atom. The van der Waals surface area contributed by atoms with Crippen LogP contribution in [0, 0.1) is 37.8 Å². The van der Waals surface area contributed by atoms with Crippen LogP contribution in [0.1, 0.15) is 22.3 Å². The number of hydrogen-bond donors (Lipinski definition) is 2. The number of nitrogens with zero attached hydrogens (tertiary/aromatic N) is 3. The van der Waals surface area contributed by atoms with Gasteiger partial charge < -0.3 is 20.3 Å². The van der Waals surface area contributed by atoms with Gasteiger partial charge in [-0.2, -0.15) is 4.98 Å². The second-order valence-electron chi connectivity index (χ2n) is 8.25. The molecule has 0 amide bonds. The maximum absolute atomic E-state index is 15.0. The van der Waals surface area contributed by atoms with Crippen LogP contribution < -0.4 is 20.3 Å². The maximum Gasteiger partial charge on any atom is 0.258 e. The van der Waals surface area contributed by atoms with Crippen LogP contribution in [0.3, 0.4) is 0 Å². The molecule has 1 aliphatic rings. The zero-order valence-electron chi connectivity index (χ0n) is 19.0. The molecule has 3 N–H and O–H groups in total. The van der Waals surface area contributed by atoms with Crippen LogP contribution >= 0.6 is 0 Å². The molecule has 8 heteroatoms. The molecule has 33 heavy (non-hydrogen) atoms. The lowest BCUT2D eigenvalue weighted by Crippen LogP contribution is -2.47. The summed E-state index contributed by atoms with van der Waals surface area (Å²) in [7, 11) is 0. The molecule has 0 aliphatic carbocycles. The number of piperazine rings is 1. The van der Waals surface area contributed by atoms with Gasteiger partial charge in [-0.05, 0) is 44.0 Å². The second kappa shape index (κ2) is 9.05. The lowest BCUT2D eigenvalue weighted by atomic mass is 10.1. The number of hydrogen-bond acceptors (Lipinski definition) is 5. The molecule has 1 fully saturated rings. The third-order valence-corrected chi connectivity index (χ3v) is 5.94. The van der Waals surface area contributed by atoms with Crippen molar-refractivity contribution in [2.75, 3.05) is 36.0 Å². The molecule has 6 nitrogen and oxygen atoms in total. The van der Waals surface area contributed by atoms with Gasteiger partial charge in [-0.1, -0.05) is 30.3 Å². The van der Waals surface area contributed by atoms with E-state index >= 15 is 4.39 Å². The molecule has 0 spiro atoms. The summed E-state index contributed by atoms with van der Waals surface area (Å²) >= 11 is 0. The molecular formula is C25H27F2N5O. The lowest BCUT2D eigenvalue weighted by molar-refractivity contribution is 0.412. The molecule has 2 aromatic carbocycles. The van der Waals surface area contributed by atoms with Crippen molar-refractivity contribution in [3.8, 4) is 11.6 Å². The Morgan fingerprint density at radius 3 is 2.18 bits per heavy atom. The number of rotatable bonds is 5. The number of ether oxygens (including phenoxy) is 1. The number of anilines is 2. The Morgan fingerprint density at radius 2 is 1.55 bits per heavy atom. The minimum atomic E-state index is -0.848. The van der Waals surface area contributed by atoms with Crippen molar-refractivity contribution in [1.82, 2.24) is 4.98 Å². The van der Waals surface area contributed by atoms with E-state index in [9.17, 15) is 4.39 Å². The van der Waals surface area contributed by atoms with Crippen LogP contribution in [0.4, 0.5) is 20.3 Å². The normalized spacial score (nSPS) is 13.8. The van der Waals surface area contributed by atoms with Gasteiger partial charge in [0, 0.05) is 43.0 Å². The van der Waals surface area contributed by atoms with Gasteiger partial charge in [-0.25, -0.2) is 8.78 Å². The number of nitrogens with one attached hydrogen (secondary N) is 1. The Hall–Kier alpha value is -3.68. The second-order valence-corrected chi connectivity index (χ2v) is 8.25. The predicted octanol–water partition coefficient (Wildman–Crippen LogP) is 4.69. The number of halogens is 2. The Kier molecular flexibility index (Phi) is 6.18. The van der Waals surface area contributed by atoms with Gasteiger partial charge in [0.15, 0.2) is 17.5 Å². The first-order valence-electron chi connectivity index (χ1n) is 10.8. The van der Waals surface area contributed by atoms with Crippen LogP contribution in [0.25, 0.3) is 0 Å². The Bertz CT molecular complexity index is 1190. The fourth-order valence-corrected chi connectivity index (χ4v) is 4.18. The van der Waals surface area contributed by atoms with Gasteiger partial charge in [0.25, 0.3) is 5.88 Å². The van der Waals surface area contributed by atoms with Crippen LogP contribution in [-0.2, 0) is 0 Å². The summed E-state index contributed by atoms with van der Waals surface area (Å²) < 4.78 is 35.5. The first-order valence-corrected chi connectivity index (χ1v) is 10.8. The summed E-state index contributed by atoms with van der Waals surface area (Å²) in [5, 5.41) is 7.56. The molecule has 0 saturated carbocycles. The zero-order valence-corrected chi connectivity index (χ0v) is 19.0. The first-order chi connectivity index (χ1) is 15.8. The van der Waals surface area contributed by atoms with Crippen molar-refractivity contribution < 1.29 is 13.5 Å². The number of amidine groups is 1. The van der Waals surface area contributed by atoms with Crippen LogP contribution in [0.15, 0.2) is 42.5 Å². The van der Waals surface area contributed by atoms with Crippen molar-refractivity contribution in [2.24, 2.45) is 5.73 Å². The molecule has 1 aliphatic heterocycles. The highest BCUT2D eigenvalue weighted by molar-refractivity contribution is 5.95. The standard InChI is InChI=1S/C25H27F2N5O/c1-15-6-4-7-16(2)22(15)31-10-12-32(13-11-31)24-20(26)17(3)21(27)25(30-24)33-19-9-5-8-18(14-19)23(28)29/h4-9,14H,10-13H2,1-3H3,(H3,28,29). The molecule has 2 heterocycles. The van der Waals surface area contributed by atoms with Crippen molar-refractivity contribution >= 4 is 17.3 Å². The highest BCUT2D eigenvalue weighted by atomic mass is 19.1. The van der Waals surface area contributed by atoms with Crippen LogP contribution in [-0.4, -0.2) is 37.0 Å². The summed E-state index contributed by atoms with van der Waals surface area (Å²) in [5.41, 5.74) is 9.43. The van der Waals surface area contributed by atoms with E-state index in [0.29, 0.717) is 31.7 Å². The summed E-state index contributed by atoms with van der Waals surface area (Å²) in [6, 6.07) is 12.6. The number of para-hydroxylation sites is 1. The number of nitrogens with two attached hydrogens (primary N) is 1. The molecule has 0 atom stereocenters. The van der Waals surface area contributed by atoms with Gasteiger partial charge >= 0.3 is 0 Å². The Balaban J connectivity index is 1.58. The van der Waals surface area contributed by atoms with Gasteiger partial charge in [0.05, 0.1) is 0 Å². The van der Waals surface area contributed by atoms with Gasteiger partial charge in [0.1, 0.15) is 11.6 Å². The van der Waals surface area contributed by atoms with Crippen molar-refractivity contribution in [3.63, 3.8) is 0 Å². The van der Waals surface area contributed by atoms with Gasteiger partial charge in [-0.15, -0.1) is 0 Å². The van der Waals surface area contributed by atoms with E-state index in [1.807, 2.05) is 11.0 Å². The summed E-state index contributed by atoms with van der Waals surface area (Å²) in [4.78, 5) is 8.33. The average Bonchev–Trinajstić information content (AvgIpc) is 2.80. The van der Waals surface area contributed by atoms with Gasteiger partial charge in [-0.3, -0.25) is 5.41 Å². The molecule has 1 saturated heterocycles. The summed E-state index contributed by atoms with van der Waals surface area (Å²) in [6.07, 6.45) is 0. The van der Waals surface area contributed by atoms with Crippen molar-refractivity contribution in [2.45, 2.75) is 20.8 Å². The maximum atomic E-state index is 15.0. The number of pyridine rings is 1. The topological polar surface area (TPSA) is 78.5 Å². The quantitative estimate of drug-likeness (QED) is 0.435. The molecule has 1 aromatic heterocycles. The van der Waals surface area contributed by atoms with E-state index in [2.05, 4.69) is 35.9 Å². The highest BCUT2D eigenvalue weighted by Gasteiger charge is 2.26. The third kappa shape index (κ3) is 4.46. The predicted molar refractivity (Wildman–Crippen MR) is 127 cm³/mol. The molecule has 172 valence electrons. The minimum absolute atomic E-state index is 0.0766. The fraction of sp³-hybridized carbons (Fsp3) is 0.280. The SMILES string of the molecule is Cc1cccc(C)c1N1CCN(c2nc(Oc3cccc(C(=N)N)c3)c(F)c(C)c2F)CC1. The van der Waals surface area contributed by atoms with Crippen LogP contribution in [0.2, 0.25) is 0 Å². The van der Waals surface area contributed by atoms with E-state index in [-0.39, 0.29) is 28.8 Å². The minimum Gasteiger partial charge on any atom is -0.436 e. The highest BCUT2D eigenvalue weighted by Crippen LogP contribution is 2.33. The van der Waals surface area contributed by atoms with E-state index < -0.39 is 11.6 Å². The number of benzene rings is 2. The van der Waals surface area contributed by atoms with E-state index in [1.165, 1.54) is 29.8 Å². The summed E-state index contributed by atoms with van der Waals surface area (Å²) in [5.74, 6) is -1.62. The molecule has 0 bridgehead atoms. The van der Waals surface area contributed by atoms with E-state index in [4.69, 9.17) is 15.9 Å². The third-order valence-electron chi connectivity index (χ3n) is 5.94. The fourth-order valence-electron chi connectivity index (χ4n) is 4.18. The smallest absolute Gasteiger partial charge is 0.258 e. The number of nitrogen functional groups attached to an aromatic ring is 1. The molecular weight excluding hydrogens is 424 g/mol. The molecule has 0 radical (unpaired) electrons. The largest absolute Gasteiger partial charge is 0.436 e. The van der Waals surface area contributed by atoms with Crippen LogP contribution in [0.5, 0.6) is 11.6 Å². The van der Waals surface area contributed by atoms with Gasteiger partial charge in [0.2, 0.25) is 0 Å². The monoisotopic (exact) mass is 451 g/mol. The summed E-state index contributed by atoms with van der Waals surface area (Å²) in [6.45, 7) is 8.03. The number of aryl methyl sites for hydroxylation is 2. The van der Waals surface area contributed by atoms with E-state index in [0.717, 1.165) is 0 Å². The molecule has 0 unspecified atom stereocenters. The van der Waals surface area contributed by atoms with Crippen molar-refractivity contribution in [3.05, 3.63) is 76.4 Å². The average molecular weight is 452 g/mol. The zero-order chi connectivity index (χ0) is 23.7. The number of aromatic nitrogens is 1. The lowest BCUT2D eigenvalue weighted by Gasteiger charge is -2.38. The van der Waals surface area contributed by atoms with E-state index in [1.54, 1.807) is 18.2 Å². The Labute approximate surface area is 192 Å². The molecule has 4 rings (SSSR count).